The number of hydrogen-bond donors (Lipinski definition) is 2. The third kappa shape index (κ3) is 3.60. The molecule has 2 aromatic rings. The summed E-state index contributed by atoms with van der Waals surface area (Å²) < 4.78 is 0. The van der Waals surface area contributed by atoms with Crippen molar-refractivity contribution in [2.45, 2.75) is 33.7 Å². The predicted octanol–water partition coefficient (Wildman–Crippen LogP) is 2.48. The zero-order chi connectivity index (χ0) is 15.4. The Kier molecular flexibility index (Phi) is 4.58. The fraction of sp³-hybridized carbons (Fsp3) is 0.294. The third-order valence-electron chi connectivity index (χ3n) is 3.54. The first-order valence-electron chi connectivity index (χ1n) is 7.07. The van der Waals surface area contributed by atoms with E-state index in [4.69, 9.17) is 0 Å². The van der Waals surface area contributed by atoms with Crippen LogP contribution in [0.2, 0.25) is 0 Å². The van der Waals surface area contributed by atoms with Gasteiger partial charge in [-0.05, 0) is 49.6 Å². The van der Waals surface area contributed by atoms with Crippen LogP contribution in [0.5, 0.6) is 0 Å². The topological polar surface area (TPSA) is 62.0 Å². The standard InChI is InChI=1S/C17H20N2O2/c1-4-13-5-7-14(8-6-13)16(20)18-10-15-11(2)9-12(3)19-17(15)21/h5-9H,4,10H2,1-3H3,(H,18,20)(H,19,21). The Hall–Kier alpha value is -2.36. The molecule has 0 atom stereocenters. The van der Waals surface area contributed by atoms with Crippen molar-refractivity contribution < 1.29 is 4.79 Å². The third-order valence-corrected chi connectivity index (χ3v) is 3.54. The number of benzene rings is 1. The molecule has 4 nitrogen and oxygen atoms in total. The summed E-state index contributed by atoms with van der Waals surface area (Å²) in [5.41, 5.74) is 3.96. The first-order valence-corrected chi connectivity index (χ1v) is 7.07. The van der Waals surface area contributed by atoms with Gasteiger partial charge < -0.3 is 10.3 Å². The molecule has 1 aromatic carbocycles. The van der Waals surface area contributed by atoms with E-state index in [1.807, 2.05) is 32.0 Å². The number of hydrogen-bond acceptors (Lipinski definition) is 2. The van der Waals surface area contributed by atoms with E-state index in [2.05, 4.69) is 17.2 Å². The van der Waals surface area contributed by atoms with Gasteiger partial charge in [0.25, 0.3) is 11.5 Å². The van der Waals surface area contributed by atoms with E-state index < -0.39 is 0 Å². The number of H-pyrrole nitrogens is 1. The van der Waals surface area contributed by atoms with E-state index in [9.17, 15) is 9.59 Å². The van der Waals surface area contributed by atoms with Gasteiger partial charge in [0.05, 0.1) is 0 Å². The molecule has 0 aliphatic rings. The number of carbonyl (C=O) groups excluding carboxylic acids is 1. The molecule has 21 heavy (non-hydrogen) atoms. The zero-order valence-corrected chi connectivity index (χ0v) is 12.6. The van der Waals surface area contributed by atoms with Crippen molar-refractivity contribution in [2.24, 2.45) is 0 Å². The number of carbonyl (C=O) groups is 1. The van der Waals surface area contributed by atoms with E-state index in [0.29, 0.717) is 11.1 Å². The highest BCUT2D eigenvalue weighted by molar-refractivity contribution is 5.94. The van der Waals surface area contributed by atoms with Gasteiger partial charge in [-0.15, -0.1) is 0 Å². The molecule has 0 saturated carbocycles. The number of rotatable bonds is 4. The second kappa shape index (κ2) is 6.39. The lowest BCUT2D eigenvalue weighted by atomic mass is 10.1. The van der Waals surface area contributed by atoms with Crippen LogP contribution < -0.4 is 10.9 Å². The Bertz CT molecular complexity index is 700. The highest BCUT2D eigenvalue weighted by Crippen LogP contribution is 2.06. The van der Waals surface area contributed by atoms with Gasteiger partial charge in [0.15, 0.2) is 0 Å². The molecule has 1 amide bonds. The smallest absolute Gasteiger partial charge is 0.253 e. The van der Waals surface area contributed by atoms with Gasteiger partial charge in [0.1, 0.15) is 0 Å². The van der Waals surface area contributed by atoms with Gasteiger partial charge in [0, 0.05) is 23.4 Å². The Balaban J connectivity index is 2.09. The number of nitrogens with one attached hydrogen (secondary N) is 2. The summed E-state index contributed by atoms with van der Waals surface area (Å²) in [5, 5.41) is 2.79. The van der Waals surface area contributed by atoms with Crippen LogP contribution in [-0.4, -0.2) is 10.9 Å². The highest BCUT2D eigenvalue weighted by atomic mass is 16.1. The molecule has 0 aliphatic heterocycles. The van der Waals surface area contributed by atoms with Gasteiger partial charge in [-0.25, -0.2) is 0 Å². The number of amides is 1. The maximum atomic E-state index is 12.1. The minimum absolute atomic E-state index is 0.144. The van der Waals surface area contributed by atoms with Gasteiger partial charge in [-0.3, -0.25) is 9.59 Å². The van der Waals surface area contributed by atoms with Crippen molar-refractivity contribution in [3.05, 3.63) is 68.6 Å². The number of aryl methyl sites for hydroxylation is 3. The lowest BCUT2D eigenvalue weighted by molar-refractivity contribution is 0.0950. The van der Waals surface area contributed by atoms with Crippen LogP contribution in [0.4, 0.5) is 0 Å². The molecular weight excluding hydrogens is 264 g/mol. The number of aromatic amines is 1. The summed E-state index contributed by atoms with van der Waals surface area (Å²) in [4.78, 5) is 26.7. The van der Waals surface area contributed by atoms with Crippen molar-refractivity contribution in [3.8, 4) is 0 Å². The molecule has 4 heteroatoms. The van der Waals surface area contributed by atoms with Gasteiger partial charge >= 0.3 is 0 Å². The number of aromatic nitrogens is 1. The minimum Gasteiger partial charge on any atom is -0.348 e. The largest absolute Gasteiger partial charge is 0.348 e. The molecule has 0 radical (unpaired) electrons. The molecule has 110 valence electrons. The van der Waals surface area contributed by atoms with Gasteiger partial charge in [0.2, 0.25) is 0 Å². The average molecular weight is 284 g/mol. The van der Waals surface area contributed by atoms with Crippen molar-refractivity contribution >= 4 is 5.91 Å². The quantitative estimate of drug-likeness (QED) is 0.906. The molecule has 2 N–H and O–H groups in total. The van der Waals surface area contributed by atoms with Crippen molar-refractivity contribution in [3.63, 3.8) is 0 Å². The van der Waals surface area contributed by atoms with Crippen LogP contribution in [0, 0.1) is 13.8 Å². The summed E-state index contributed by atoms with van der Waals surface area (Å²) in [7, 11) is 0. The van der Waals surface area contributed by atoms with Crippen LogP contribution in [0.25, 0.3) is 0 Å². The maximum Gasteiger partial charge on any atom is 0.253 e. The van der Waals surface area contributed by atoms with Crippen molar-refractivity contribution in [1.82, 2.24) is 10.3 Å². The van der Waals surface area contributed by atoms with Crippen LogP contribution in [0.3, 0.4) is 0 Å². The van der Waals surface area contributed by atoms with Crippen LogP contribution in [0.1, 0.15) is 39.7 Å². The van der Waals surface area contributed by atoms with Crippen LogP contribution in [-0.2, 0) is 13.0 Å². The molecule has 0 aliphatic carbocycles. The Labute approximate surface area is 124 Å². The molecular formula is C17H20N2O2. The summed E-state index contributed by atoms with van der Waals surface area (Å²) in [6.07, 6.45) is 0.944. The number of pyridine rings is 1. The summed E-state index contributed by atoms with van der Waals surface area (Å²) >= 11 is 0. The zero-order valence-electron chi connectivity index (χ0n) is 12.6. The first-order chi connectivity index (χ1) is 10.0. The molecule has 0 saturated heterocycles. The fourth-order valence-corrected chi connectivity index (χ4v) is 2.26. The fourth-order valence-electron chi connectivity index (χ4n) is 2.26. The molecule has 0 fully saturated rings. The van der Waals surface area contributed by atoms with Crippen molar-refractivity contribution in [1.29, 1.82) is 0 Å². The summed E-state index contributed by atoms with van der Waals surface area (Å²) in [6.45, 7) is 6.02. The lowest BCUT2D eigenvalue weighted by Gasteiger charge is -2.08. The normalized spacial score (nSPS) is 10.4. The van der Waals surface area contributed by atoms with Crippen LogP contribution >= 0.6 is 0 Å². The van der Waals surface area contributed by atoms with E-state index >= 15 is 0 Å². The Morgan fingerprint density at radius 3 is 2.43 bits per heavy atom. The second-order valence-electron chi connectivity index (χ2n) is 5.18. The molecule has 0 unspecified atom stereocenters. The predicted molar refractivity (Wildman–Crippen MR) is 83.5 cm³/mol. The Morgan fingerprint density at radius 2 is 1.86 bits per heavy atom. The maximum absolute atomic E-state index is 12.1. The second-order valence-corrected chi connectivity index (χ2v) is 5.18. The molecule has 1 aromatic heterocycles. The van der Waals surface area contributed by atoms with E-state index in [-0.39, 0.29) is 18.0 Å². The SMILES string of the molecule is CCc1ccc(C(=O)NCc2c(C)cc(C)[nH]c2=O)cc1. The lowest BCUT2D eigenvalue weighted by Crippen LogP contribution is -2.27. The average Bonchev–Trinajstić information content (AvgIpc) is 2.46. The first kappa shape index (κ1) is 15.0. The highest BCUT2D eigenvalue weighted by Gasteiger charge is 2.09. The molecule has 2 rings (SSSR count). The van der Waals surface area contributed by atoms with Gasteiger partial charge in [-0.2, -0.15) is 0 Å². The van der Waals surface area contributed by atoms with E-state index in [0.717, 1.165) is 17.7 Å². The summed E-state index contributed by atoms with van der Waals surface area (Å²) in [6, 6.07) is 9.40. The Morgan fingerprint density at radius 1 is 1.19 bits per heavy atom. The van der Waals surface area contributed by atoms with Crippen molar-refractivity contribution in [2.75, 3.05) is 0 Å². The van der Waals surface area contributed by atoms with E-state index in [1.165, 1.54) is 5.56 Å². The summed E-state index contributed by atoms with van der Waals surface area (Å²) in [5.74, 6) is -0.169. The van der Waals surface area contributed by atoms with Crippen LogP contribution in [0.15, 0.2) is 35.1 Å². The molecule has 1 heterocycles. The van der Waals surface area contributed by atoms with Gasteiger partial charge in [-0.1, -0.05) is 19.1 Å². The molecule has 0 bridgehead atoms. The van der Waals surface area contributed by atoms with E-state index in [1.54, 1.807) is 12.1 Å². The molecule has 0 spiro atoms. The minimum atomic E-state index is -0.169. The monoisotopic (exact) mass is 284 g/mol.